The molecule has 0 spiro atoms. The minimum Gasteiger partial charge on any atom is -0.338 e. The van der Waals surface area contributed by atoms with Crippen molar-refractivity contribution in [1.29, 1.82) is 0 Å². The molecule has 1 aliphatic rings. The SMILES string of the molecule is CC(C)C1CCN(C(=O)c2cc(F)c([N+](=O)[O-])cc2F)C1. The highest BCUT2D eigenvalue weighted by Crippen LogP contribution is 2.27. The van der Waals surface area contributed by atoms with Crippen molar-refractivity contribution in [3.8, 4) is 0 Å². The molecule has 2 rings (SSSR count). The van der Waals surface area contributed by atoms with Crippen LogP contribution in [-0.2, 0) is 0 Å². The van der Waals surface area contributed by atoms with Gasteiger partial charge in [0.15, 0.2) is 0 Å². The first-order chi connectivity index (χ1) is 9.81. The second-order valence-corrected chi connectivity index (χ2v) is 5.58. The lowest BCUT2D eigenvalue weighted by Crippen LogP contribution is -2.30. The van der Waals surface area contributed by atoms with Crippen molar-refractivity contribution in [2.24, 2.45) is 11.8 Å². The maximum Gasteiger partial charge on any atom is 0.307 e. The number of carbonyl (C=O) groups excluding carboxylic acids is 1. The summed E-state index contributed by atoms with van der Waals surface area (Å²) < 4.78 is 27.4. The lowest BCUT2D eigenvalue weighted by atomic mass is 9.95. The standard InChI is InChI=1S/C14H16F2N2O3/c1-8(2)9-3-4-17(7-9)14(19)10-5-12(16)13(18(20)21)6-11(10)15/h5-6,8-9H,3-4,7H2,1-2H3. The van der Waals surface area contributed by atoms with Crippen LogP contribution in [0.4, 0.5) is 14.5 Å². The minimum absolute atomic E-state index is 0.333. The number of nitro groups is 1. The summed E-state index contributed by atoms with van der Waals surface area (Å²) in [4.78, 5) is 23.2. The number of hydrogen-bond acceptors (Lipinski definition) is 3. The van der Waals surface area contributed by atoms with Gasteiger partial charge in [-0.15, -0.1) is 0 Å². The third kappa shape index (κ3) is 3.01. The Hall–Kier alpha value is -2.05. The highest BCUT2D eigenvalue weighted by molar-refractivity contribution is 5.95. The Balaban J connectivity index is 2.25. The van der Waals surface area contributed by atoms with E-state index in [9.17, 15) is 23.7 Å². The van der Waals surface area contributed by atoms with Gasteiger partial charge in [-0.2, -0.15) is 4.39 Å². The Morgan fingerprint density at radius 1 is 1.38 bits per heavy atom. The molecule has 1 aromatic rings. The van der Waals surface area contributed by atoms with Gasteiger partial charge in [0.25, 0.3) is 5.91 Å². The molecule has 114 valence electrons. The lowest BCUT2D eigenvalue weighted by Gasteiger charge is -2.18. The fourth-order valence-corrected chi connectivity index (χ4v) is 2.53. The van der Waals surface area contributed by atoms with Crippen LogP contribution < -0.4 is 0 Å². The first-order valence-electron chi connectivity index (χ1n) is 6.74. The summed E-state index contributed by atoms with van der Waals surface area (Å²) in [6.07, 6.45) is 0.820. The Bertz CT molecular complexity index is 590. The predicted molar refractivity (Wildman–Crippen MR) is 71.9 cm³/mol. The van der Waals surface area contributed by atoms with Crippen LogP contribution in [0.25, 0.3) is 0 Å². The molecule has 1 heterocycles. The Kier molecular flexibility index (Phi) is 4.20. The normalized spacial score (nSPS) is 18.3. The predicted octanol–water partition coefficient (Wildman–Crippen LogP) is 2.99. The van der Waals surface area contributed by atoms with E-state index in [0.717, 1.165) is 6.42 Å². The number of nitrogens with zero attached hydrogens (tertiary/aromatic N) is 2. The Labute approximate surface area is 120 Å². The molecule has 0 bridgehead atoms. The topological polar surface area (TPSA) is 63.5 Å². The van der Waals surface area contributed by atoms with Crippen molar-refractivity contribution in [3.63, 3.8) is 0 Å². The van der Waals surface area contributed by atoms with E-state index in [1.54, 1.807) is 0 Å². The molecule has 21 heavy (non-hydrogen) atoms. The molecule has 1 unspecified atom stereocenters. The van der Waals surface area contributed by atoms with Crippen LogP contribution in [0.5, 0.6) is 0 Å². The molecule has 0 saturated carbocycles. The Morgan fingerprint density at radius 2 is 2.05 bits per heavy atom. The van der Waals surface area contributed by atoms with Gasteiger partial charge in [-0.1, -0.05) is 13.8 Å². The average molecular weight is 298 g/mol. The molecule has 0 N–H and O–H groups in total. The smallest absolute Gasteiger partial charge is 0.307 e. The largest absolute Gasteiger partial charge is 0.338 e. The zero-order valence-electron chi connectivity index (χ0n) is 11.8. The van der Waals surface area contributed by atoms with Crippen LogP contribution in [0.1, 0.15) is 30.6 Å². The van der Waals surface area contributed by atoms with Crippen molar-refractivity contribution in [3.05, 3.63) is 39.4 Å². The fourth-order valence-electron chi connectivity index (χ4n) is 2.53. The maximum absolute atomic E-state index is 13.8. The number of benzene rings is 1. The van der Waals surface area contributed by atoms with Crippen molar-refractivity contribution in [2.75, 3.05) is 13.1 Å². The van der Waals surface area contributed by atoms with Crippen LogP contribution >= 0.6 is 0 Å². The van der Waals surface area contributed by atoms with E-state index in [1.807, 2.05) is 13.8 Å². The van der Waals surface area contributed by atoms with Gasteiger partial charge in [0.1, 0.15) is 5.82 Å². The van der Waals surface area contributed by atoms with E-state index < -0.39 is 33.7 Å². The summed E-state index contributed by atoms with van der Waals surface area (Å²) in [5.41, 5.74) is -1.42. The van der Waals surface area contributed by atoms with Crippen molar-refractivity contribution < 1.29 is 18.5 Å². The lowest BCUT2D eigenvalue weighted by molar-refractivity contribution is -0.387. The van der Waals surface area contributed by atoms with Gasteiger partial charge in [-0.05, 0) is 24.3 Å². The summed E-state index contributed by atoms with van der Waals surface area (Å²) in [7, 11) is 0. The van der Waals surface area contributed by atoms with Crippen molar-refractivity contribution in [2.45, 2.75) is 20.3 Å². The van der Waals surface area contributed by atoms with Gasteiger partial charge in [0, 0.05) is 13.1 Å². The van der Waals surface area contributed by atoms with Crippen LogP contribution in [0, 0.1) is 33.6 Å². The van der Waals surface area contributed by atoms with Crippen LogP contribution in [0.2, 0.25) is 0 Å². The minimum atomic E-state index is -1.20. The molecule has 1 fully saturated rings. The fraction of sp³-hybridized carbons (Fsp3) is 0.500. The van der Waals surface area contributed by atoms with Crippen LogP contribution in [0.3, 0.4) is 0 Å². The first kappa shape index (κ1) is 15.3. The third-order valence-corrected chi connectivity index (χ3v) is 3.92. The molecule has 0 radical (unpaired) electrons. The molecule has 1 atom stereocenters. The van der Waals surface area contributed by atoms with E-state index in [2.05, 4.69) is 0 Å². The molecule has 5 nitrogen and oxygen atoms in total. The van der Waals surface area contributed by atoms with Crippen molar-refractivity contribution in [1.82, 2.24) is 4.90 Å². The third-order valence-electron chi connectivity index (χ3n) is 3.92. The van der Waals surface area contributed by atoms with E-state index >= 15 is 0 Å². The van der Waals surface area contributed by atoms with Crippen LogP contribution in [0.15, 0.2) is 12.1 Å². The van der Waals surface area contributed by atoms with Gasteiger partial charge in [-0.3, -0.25) is 14.9 Å². The number of rotatable bonds is 3. The zero-order chi connectivity index (χ0) is 15.7. The van der Waals surface area contributed by atoms with Gasteiger partial charge >= 0.3 is 5.69 Å². The molecule has 0 aliphatic carbocycles. The summed E-state index contributed by atoms with van der Waals surface area (Å²) in [5.74, 6) is -2.16. The molecule has 1 aromatic carbocycles. The van der Waals surface area contributed by atoms with Gasteiger partial charge in [-0.25, -0.2) is 4.39 Å². The first-order valence-corrected chi connectivity index (χ1v) is 6.74. The van der Waals surface area contributed by atoms with E-state index in [1.165, 1.54) is 4.90 Å². The van der Waals surface area contributed by atoms with E-state index in [4.69, 9.17) is 0 Å². The van der Waals surface area contributed by atoms with Gasteiger partial charge < -0.3 is 4.90 Å². The number of hydrogen-bond donors (Lipinski definition) is 0. The highest BCUT2D eigenvalue weighted by atomic mass is 19.1. The summed E-state index contributed by atoms with van der Waals surface area (Å²) in [5, 5.41) is 10.5. The molecule has 7 heteroatoms. The summed E-state index contributed by atoms with van der Waals surface area (Å²) >= 11 is 0. The molecule has 0 aromatic heterocycles. The zero-order valence-corrected chi connectivity index (χ0v) is 11.8. The number of likely N-dealkylation sites (tertiary alicyclic amines) is 1. The molecule has 1 aliphatic heterocycles. The Morgan fingerprint density at radius 3 is 2.57 bits per heavy atom. The monoisotopic (exact) mass is 298 g/mol. The maximum atomic E-state index is 13.8. The van der Waals surface area contributed by atoms with Crippen LogP contribution in [-0.4, -0.2) is 28.8 Å². The average Bonchev–Trinajstić information content (AvgIpc) is 2.89. The molecular weight excluding hydrogens is 282 g/mol. The van der Waals surface area contributed by atoms with E-state index in [-0.39, 0.29) is 0 Å². The van der Waals surface area contributed by atoms with Crippen molar-refractivity contribution >= 4 is 11.6 Å². The molecule has 1 saturated heterocycles. The number of halogens is 2. The molecule has 1 amide bonds. The summed E-state index contributed by atoms with van der Waals surface area (Å²) in [6, 6.07) is 1.07. The highest BCUT2D eigenvalue weighted by Gasteiger charge is 2.31. The number of nitro benzene ring substituents is 1. The van der Waals surface area contributed by atoms with Gasteiger partial charge in [0.05, 0.1) is 16.6 Å². The van der Waals surface area contributed by atoms with Gasteiger partial charge in [0.2, 0.25) is 5.82 Å². The second-order valence-electron chi connectivity index (χ2n) is 5.58. The molecular formula is C14H16F2N2O3. The number of carbonyl (C=O) groups is 1. The number of amides is 1. The summed E-state index contributed by atoms with van der Waals surface area (Å²) in [6.45, 7) is 5.07. The second kappa shape index (κ2) is 5.75. The van der Waals surface area contributed by atoms with E-state index in [0.29, 0.717) is 37.1 Å². The quantitative estimate of drug-likeness (QED) is 0.636.